The van der Waals surface area contributed by atoms with Crippen molar-refractivity contribution in [2.24, 2.45) is 5.92 Å². The first-order valence-electron chi connectivity index (χ1n) is 9.09. The maximum absolute atomic E-state index is 2.50. The zero-order valence-electron chi connectivity index (χ0n) is 15.9. The molecular weight excluding hydrogens is 292 g/mol. The van der Waals surface area contributed by atoms with Gasteiger partial charge in [0, 0.05) is 30.3 Å². The van der Waals surface area contributed by atoms with Crippen molar-refractivity contribution >= 4 is 0 Å². The zero-order chi connectivity index (χ0) is 17.2. The molecule has 0 saturated carbocycles. The number of benzene rings is 1. The molecule has 0 aromatic heterocycles. The highest BCUT2D eigenvalue weighted by molar-refractivity contribution is 5.46. The number of rotatable bonds is 1. The molecule has 24 heavy (non-hydrogen) atoms. The molecule has 2 nitrogen and oxygen atoms in total. The number of hydrogen-bond donors (Lipinski definition) is 0. The van der Waals surface area contributed by atoms with Crippen LogP contribution in [-0.4, -0.2) is 30.5 Å². The molecule has 3 aliphatic rings. The number of quaternary nitrogens is 1. The fraction of sp³-hybridized carbons (Fsp3) is 0.455. The summed E-state index contributed by atoms with van der Waals surface area (Å²) in [5.74, 6) is 2.67. The van der Waals surface area contributed by atoms with Gasteiger partial charge in [-0.25, -0.2) is 0 Å². The van der Waals surface area contributed by atoms with E-state index in [2.05, 4.69) is 77.3 Å². The monoisotopic (exact) mass is 321 g/mol. The number of fused-ring (bicyclic) bond motifs is 2. The van der Waals surface area contributed by atoms with Crippen molar-refractivity contribution in [1.29, 1.82) is 0 Å². The number of hydrogen-bond acceptors (Lipinski definition) is 1. The van der Waals surface area contributed by atoms with Crippen molar-refractivity contribution in [2.45, 2.75) is 39.5 Å². The molecule has 0 radical (unpaired) electrons. The average Bonchev–Trinajstić information content (AvgIpc) is 2.95. The SMILES string of the molecule is Cc1cc(C)c(C2CC=C3C(C2)C2=C(N3C)[N+](C)(C)C=C2)c(C)c1. The fourth-order valence-electron chi connectivity index (χ4n) is 5.35. The van der Waals surface area contributed by atoms with Gasteiger partial charge < -0.3 is 4.90 Å². The summed E-state index contributed by atoms with van der Waals surface area (Å²) in [6.07, 6.45) is 9.60. The highest BCUT2D eigenvalue weighted by Crippen LogP contribution is 2.51. The Morgan fingerprint density at radius 2 is 1.75 bits per heavy atom. The lowest BCUT2D eigenvalue weighted by Crippen LogP contribution is -2.37. The van der Waals surface area contributed by atoms with Crippen molar-refractivity contribution in [3.8, 4) is 0 Å². The first-order valence-corrected chi connectivity index (χ1v) is 9.09. The van der Waals surface area contributed by atoms with E-state index in [0.717, 1.165) is 4.48 Å². The average molecular weight is 321 g/mol. The van der Waals surface area contributed by atoms with Crippen LogP contribution >= 0.6 is 0 Å². The molecule has 1 aromatic rings. The number of allylic oxidation sites excluding steroid dienone is 3. The van der Waals surface area contributed by atoms with Crippen LogP contribution in [0.5, 0.6) is 0 Å². The lowest BCUT2D eigenvalue weighted by Gasteiger charge is -2.33. The van der Waals surface area contributed by atoms with Crippen LogP contribution in [0.2, 0.25) is 0 Å². The Balaban J connectivity index is 1.73. The van der Waals surface area contributed by atoms with Gasteiger partial charge in [-0.05, 0) is 56.2 Å². The van der Waals surface area contributed by atoms with E-state index in [4.69, 9.17) is 0 Å². The molecule has 2 unspecified atom stereocenters. The summed E-state index contributed by atoms with van der Waals surface area (Å²) < 4.78 is 0.868. The Bertz CT molecular complexity index is 784. The first-order chi connectivity index (χ1) is 11.3. The molecule has 1 aliphatic carbocycles. The van der Waals surface area contributed by atoms with Gasteiger partial charge in [0.25, 0.3) is 0 Å². The first kappa shape index (κ1) is 15.7. The minimum atomic E-state index is 0.569. The largest absolute Gasteiger partial charge is 0.304 e. The topological polar surface area (TPSA) is 3.24 Å². The van der Waals surface area contributed by atoms with Crippen LogP contribution in [0.15, 0.2) is 47.6 Å². The van der Waals surface area contributed by atoms with E-state index in [0.29, 0.717) is 11.8 Å². The Labute approximate surface area is 146 Å². The summed E-state index contributed by atoms with van der Waals surface area (Å²) in [4.78, 5) is 2.45. The van der Waals surface area contributed by atoms with Crippen LogP contribution in [0.3, 0.4) is 0 Å². The smallest absolute Gasteiger partial charge is 0.216 e. The van der Waals surface area contributed by atoms with Crippen LogP contribution < -0.4 is 0 Å². The van der Waals surface area contributed by atoms with Crippen molar-refractivity contribution in [1.82, 2.24) is 4.90 Å². The quantitative estimate of drug-likeness (QED) is 0.675. The molecule has 2 aliphatic heterocycles. The third-order valence-corrected chi connectivity index (χ3v) is 6.15. The van der Waals surface area contributed by atoms with E-state index in [1.54, 1.807) is 11.1 Å². The Morgan fingerprint density at radius 1 is 1.08 bits per heavy atom. The standard InChI is InChI=1S/C22H29N2/c1-14-11-15(2)21(16(3)12-14)17-7-8-20-19(13-17)18-9-10-24(5,6)22(18)23(20)4/h8-12,17,19H,7,13H2,1-6H3/q+1. The summed E-state index contributed by atoms with van der Waals surface area (Å²) in [5, 5.41) is 0. The van der Waals surface area contributed by atoms with Gasteiger partial charge in [-0.2, -0.15) is 0 Å². The van der Waals surface area contributed by atoms with Gasteiger partial charge in [0.05, 0.1) is 14.1 Å². The zero-order valence-corrected chi connectivity index (χ0v) is 15.9. The molecule has 126 valence electrons. The van der Waals surface area contributed by atoms with Crippen LogP contribution in [0.25, 0.3) is 0 Å². The van der Waals surface area contributed by atoms with Gasteiger partial charge >= 0.3 is 0 Å². The predicted octanol–water partition coefficient (Wildman–Crippen LogP) is 4.75. The minimum Gasteiger partial charge on any atom is -0.304 e. The molecule has 0 fully saturated rings. The molecule has 0 N–H and O–H groups in total. The van der Waals surface area contributed by atoms with Gasteiger partial charge in [0.15, 0.2) is 0 Å². The molecule has 2 heterocycles. The van der Waals surface area contributed by atoms with E-state index >= 15 is 0 Å². The number of aryl methyl sites for hydroxylation is 3. The molecule has 2 atom stereocenters. The van der Waals surface area contributed by atoms with Gasteiger partial charge in [-0.1, -0.05) is 23.8 Å². The molecule has 1 aromatic carbocycles. The van der Waals surface area contributed by atoms with Crippen LogP contribution in [0.1, 0.15) is 41.0 Å². The van der Waals surface area contributed by atoms with Crippen molar-refractivity contribution < 1.29 is 4.48 Å². The normalized spacial score (nSPS) is 27.4. The highest BCUT2D eigenvalue weighted by atomic mass is 15.4. The van der Waals surface area contributed by atoms with Crippen LogP contribution in [-0.2, 0) is 0 Å². The molecule has 0 saturated heterocycles. The maximum atomic E-state index is 2.50. The van der Waals surface area contributed by atoms with Crippen molar-refractivity contribution in [2.75, 3.05) is 21.1 Å². The lowest BCUT2D eigenvalue weighted by atomic mass is 9.76. The van der Waals surface area contributed by atoms with E-state index in [1.165, 1.54) is 41.1 Å². The second-order valence-electron chi connectivity index (χ2n) is 8.36. The molecule has 0 spiro atoms. The van der Waals surface area contributed by atoms with Gasteiger partial charge in [-0.3, -0.25) is 4.48 Å². The summed E-state index contributed by atoms with van der Waals surface area (Å²) in [5.41, 5.74) is 8.96. The molecule has 0 amide bonds. The molecular formula is C22H29N2+. The van der Waals surface area contributed by atoms with Gasteiger partial charge in [0.2, 0.25) is 5.82 Å². The third kappa shape index (κ3) is 2.12. The highest BCUT2D eigenvalue weighted by Gasteiger charge is 2.46. The third-order valence-electron chi connectivity index (χ3n) is 6.15. The second kappa shape index (κ2) is 5.10. The lowest BCUT2D eigenvalue weighted by molar-refractivity contribution is -0.804. The Kier molecular flexibility index (Phi) is 3.34. The van der Waals surface area contributed by atoms with Crippen LogP contribution in [0, 0.1) is 26.7 Å². The number of nitrogens with zero attached hydrogens (tertiary/aromatic N) is 2. The Hall–Kier alpha value is -1.80. The van der Waals surface area contributed by atoms with E-state index in [9.17, 15) is 0 Å². The van der Waals surface area contributed by atoms with Gasteiger partial charge in [0.1, 0.15) is 6.20 Å². The van der Waals surface area contributed by atoms with Gasteiger partial charge in [-0.15, -0.1) is 0 Å². The molecule has 4 rings (SSSR count). The summed E-state index contributed by atoms with van der Waals surface area (Å²) in [7, 11) is 6.80. The minimum absolute atomic E-state index is 0.569. The fourth-order valence-corrected chi connectivity index (χ4v) is 5.35. The Morgan fingerprint density at radius 3 is 2.42 bits per heavy atom. The van der Waals surface area contributed by atoms with Crippen molar-refractivity contribution in [3.63, 3.8) is 0 Å². The van der Waals surface area contributed by atoms with Crippen molar-refractivity contribution in [3.05, 3.63) is 69.8 Å². The van der Waals surface area contributed by atoms with E-state index in [-0.39, 0.29) is 0 Å². The van der Waals surface area contributed by atoms with E-state index < -0.39 is 0 Å². The maximum Gasteiger partial charge on any atom is 0.216 e. The van der Waals surface area contributed by atoms with E-state index in [1.807, 2.05) is 0 Å². The summed E-state index contributed by atoms with van der Waals surface area (Å²) in [6, 6.07) is 4.70. The second-order valence-corrected chi connectivity index (χ2v) is 8.36. The summed E-state index contributed by atoms with van der Waals surface area (Å²) >= 11 is 0. The molecule has 2 heteroatoms. The summed E-state index contributed by atoms with van der Waals surface area (Å²) in [6.45, 7) is 6.78. The predicted molar refractivity (Wildman–Crippen MR) is 100 cm³/mol. The van der Waals surface area contributed by atoms with Crippen LogP contribution in [0.4, 0.5) is 0 Å². The molecule has 0 bridgehead atoms.